The van der Waals surface area contributed by atoms with Crippen molar-refractivity contribution in [1.29, 1.82) is 0 Å². The molecule has 5 nitrogen and oxygen atoms in total. The predicted octanol–water partition coefficient (Wildman–Crippen LogP) is 5.14. The molecule has 9 heteroatoms. The molecule has 30 heavy (non-hydrogen) atoms. The second-order valence-electron chi connectivity index (χ2n) is 7.07. The van der Waals surface area contributed by atoms with E-state index in [1.807, 2.05) is 26.0 Å². The summed E-state index contributed by atoms with van der Waals surface area (Å²) < 4.78 is 39.2. The fraction of sp³-hybridized carbons (Fsp3) is 0.286. The number of imidazole rings is 1. The molecule has 1 amide bonds. The Labute approximate surface area is 176 Å². The van der Waals surface area contributed by atoms with Gasteiger partial charge in [0, 0.05) is 42.5 Å². The van der Waals surface area contributed by atoms with Crippen molar-refractivity contribution < 1.29 is 18.0 Å². The minimum Gasteiger partial charge on any atom is -0.340 e. The van der Waals surface area contributed by atoms with E-state index in [2.05, 4.69) is 9.97 Å². The zero-order valence-electron chi connectivity index (χ0n) is 16.7. The third-order valence-electron chi connectivity index (χ3n) is 4.37. The van der Waals surface area contributed by atoms with Crippen LogP contribution in [0.4, 0.5) is 13.2 Å². The van der Waals surface area contributed by atoms with Crippen LogP contribution in [0.2, 0.25) is 0 Å². The van der Waals surface area contributed by atoms with Crippen LogP contribution in [0.5, 0.6) is 0 Å². The van der Waals surface area contributed by atoms with E-state index >= 15 is 0 Å². The van der Waals surface area contributed by atoms with Crippen LogP contribution in [0, 0.1) is 0 Å². The monoisotopic (exact) mass is 434 g/mol. The number of carbonyl (C=O) groups excluding carboxylic acids is 1. The van der Waals surface area contributed by atoms with Crippen LogP contribution in [0.3, 0.4) is 0 Å². The first-order chi connectivity index (χ1) is 14.1. The molecular weight excluding hydrogens is 413 g/mol. The SMILES string of the molecule is CC(C)N(Cc1ccnc(-c2ccc(SC(F)(F)F)cc2)c1)C(=O)c1cn(C)cn1. The van der Waals surface area contributed by atoms with Crippen LogP contribution in [0.15, 0.2) is 60.0 Å². The summed E-state index contributed by atoms with van der Waals surface area (Å²) in [4.78, 5) is 23.1. The van der Waals surface area contributed by atoms with E-state index in [1.54, 1.807) is 47.4 Å². The molecule has 0 aliphatic heterocycles. The van der Waals surface area contributed by atoms with Gasteiger partial charge in [-0.15, -0.1) is 0 Å². The van der Waals surface area contributed by atoms with Gasteiger partial charge in [0.1, 0.15) is 5.69 Å². The molecule has 0 fully saturated rings. The molecule has 0 radical (unpaired) electrons. The highest BCUT2D eigenvalue weighted by Crippen LogP contribution is 2.37. The number of aromatic nitrogens is 3. The Kier molecular flexibility index (Phi) is 6.50. The first-order valence-electron chi connectivity index (χ1n) is 9.22. The number of pyridine rings is 1. The molecule has 3 rings (SSSR count). The zero-order chi connectivity index (χ0) is 21.9. The van der Waals surface area contributed by atoms with Crippen molar-refractivity contribution in [3.63, 3.8) is 0 Å². The minimum absolute atomic E-state index is 0.0465. The normalized spacial score (nSPS) is 11.7. The molecule has 158 valence electrons. The number of alkyl halides is 3. The second kappa shape index (κ2) is 8.91. The Morgan fingerprint density at radius 3 is 2.43 bits per heavy atom. The number of rotatable bonds is 6. The summed E-state index contributed by atoms with van der Waals surface area (Å²) in [6, 6.07) is 9.68. The average molecular weight is 434 g/mol. The molecule has 2 heterocycles. The molecule has 0 bridgehead atoms. The topological polar surface area (TPSA) is 51.0 Å². The zero-order valence-corrected chi connectivity index (χ0v) is 17.5. The van der Waals surface area contributed by atoms with Gasteiger partial charge in [-0.1, -0.05) is 12.1 Å². The third kappa shape index (κ3) is 5.63. The van der Waals surface area contributed by atoms with Crippen molar-refractivity contribution in [3.8, 4) is 11.3 Å². The Morgan fingerprint density at radius 2 is 1.87 bits per heavy atom. The van der Waals surface area contributed by atoms with Crippen molar-refractivity contribution >= 4 is 17.7 Å². The number of thioether (sulfide) groups is 1. The molecule has 0 saturated carbocycles. The van der Waals surface area contributed by atoms with Crippen molar-refractivity contribution in [1.82, 2.24) is 19.4 Å². The molecule has 1 aromatic carbocycles. The maximum Gasteiger partial charge on any atom is 0.446 e. The van der Waals surface area contributed by atoms with Gasteiger partial charge in [-0.25, -0.2) is 4.98 Å². The first-order valence-corrected chi connectivity index (χ1v) is 10.0. The highest BCUT2D eigenvalue weighted by atomic mass is 32.2. The summed E-state index contributed by atoms with van der Waals surface area (Å²) in [5, 5.41) is 0. The predicted molar refractivity (Wildman–Crippen MR) is 110 cm³/mol. The van der Waals surface area contributed by atoms with Gasteiger partial charge < -0.3 is 9.47 Å². The number of nitrogens with zero attached hydrogens (tertiary/aromatic N) is 4. The van der Waals surface area contributed by atoms with Gasteiger partial charge in [0.05, 0.1) is 12.0 Å². The molecule has 3 aromatic rings. The van der Waals surface area contributed by atoms with Crippen LogP contribution < -0.4 is 0 Å². The number of benzene rings is 1. The van der Waals surface area contributed by atoms with Crippen molar-refractivity contribution in [2.75, 3.05) is 0 Å². The Morgan fingerprint density at radius 1 is 1.17 bits per heavy atom. The Bertz CT molecular complexity index is 1020. The molecule has 0 saturated heterocycles. The van der Waals surface area contributed by atoms with Crippen molar-refractivity contribution in [2.45, 2.75) is 36.8 Å². The highest BCUT2D eigenvalue weighted by molar-refractivity contribution is 8.00. The van der Waals surface area contributed by atoms with Crippen LogP contribution in [-0.4, -0.2) is 36.9 Å². The van der Waals surface area contributed by atoms with Crippen LogP contribution >= 0.6 is 11.8 Å². The second-order valence-corrected chi connectivity index (χ2v) is 8.21. The van der Waals surface area contributed by atoms with E-state index in [1.165, 1.54) is 12.1 Å². The number of hydrogen-bond donors (Lipinski definition) is 0. The van der Waals surface area contributed by atoms with Gasteiger partial charge in [0.2, 0.25) is 0 Å². The fourth-order valence-electron chi connectivity index (χ4n) is 2.91. The molecule has 0 N–H and O–H groups in total. The van der Waals surface area contributed by atoms with Gasteiger partial charge in [-0.2, -0.15) is 13.2 Å². The molecule has 0 atom stereocenters. The van der Waals surface area contributed by atoms with Crippen molar-refractivity contribution in [3.05, 3.63) is 66.4 Å². The van der Waals surface area contributed by atoms with Crippen LogP contribution in [0.25, 0.3) is 11.3 Å². The van der Waals surface area contributed by atoms with Crippen LogP contribution in [0.1, 0.15) is 29.9 Å². The van der Waals surface area contributed by atoms with Gasteiger partial charge >= 0.3 is 5.51 Å². The highest BCUT2D eigenvalue weighted by Gasteiger charge is 2.29. The van der Waals surface area contributed by atoms with Gasteiger partial charge in [0.25, 0.3) is 5.91 Å². The minimum atomic E-state index is -4.32. The maximum atomic E-state index is 12.9. The van der Waals surface area contributed by atoms with Crippen LogP contribution in [-0.2, 0) is 13.6 Å². The van der Waals surface area contributed by atoms with Gasteiger partial charge in [0.15, 0.2) is 0 Å². The molecule has 0 aliphatic rings. The van der Waals surface area contributed by atoms with E-state index < -0.39 is 5.51 Å². The lowest BCUT2D eigenvalue weighted by atomic mass is 10.1. The summed E-state index contributed by atoms with van der Waals surface area (Å²) in [5.41, 5.74) is -1.74. The average Bonchev–Trinajstić information content (AvgIpc) is 3.11. The third-order valence-corrected chi connectivity index (χ3v) is 5.11. The lowest BCUT2D eigenvalue weighted by Crippen LogP contribution is -2.36. The van der Waals surface area contributed by atoms with E-state index in [9.17, 15) is 18.0 Å². The van der Waals surface area contributed by atoms with E-state index in [0.29, 0.717) is 23.5 Å². The molecular formula is C21H21F3N4OS. The standard InChI is InChI=1S/C21H21F3N4OS/c1-14(2)28(20(29)19-12-27(3)13-26-19)11-15-8-9-25-18(10-15)16-4-6-17(7-5-16)30-21(22,23)24/h4-10,12-14H,11H2,1-3H3. The van der Waals surface area contributed by atoms with E-state index in [0.717, 1.165) is 5.56 Å². The molecule has 0 spiro atoms. The Hall–Kier alpha value is -2.81. The summed E-state index contributed by atoms with van der Waals surface area (Å²) in [5.74, 6) is -0.169. The number of amides is 1. The van der Waals surface area contributed by atoms with Gasteiger partial charge in [-0.05, 0) is 55.4 Å². The summed E-state index contributed by atoms with van der Waals surface area (Å²) in [7, 11) is 1.80. The fourth-order valence-corrected chi connectivity index (χ4v) is 3.45. The maximum absolute atomic E-state index is 12.9. The number of halogens is 3. The van der Waals surface area contributed by atoms with Gasteiger partial charge in [-0.3, -0.25) is 9.78 Å². The first kappa shape index (κ1) is 21.9. The number of aryl methyl sites for hydroxylation is 1. The summed E-state index contributed by atoms with van der Waals surface area (Å²) >= 11 is -0.150. The smallest absolute Gasteiger partial charge is 0.340 e. The van der Waals surface area contributed by atoms with E-state index in [-0.39, 0.29) is 28.6 Å². The molecule has 0 unspecified atom stereocenters. The number of carbonyl (C=O) groups is 1. The van der Waals surface area contributed by atoms with E-state index in [4.69, 9.17) is 0 Å². The summed E-state index contributed by atoms with van der Waals surface area (Å²) in [6.45, 7) is 4.23. The largest absolute Gasteiger partial charge is 0.446 e. The number of hydrogen-bond acceptors (Lipinski definition) is 4. The quantitative estimate of drug-likeness (QED) is 0.504. The summed E-state index contributed by atoms with van der Waals surface area (Å²) in [6.07, 6.45) is 4.89. The lowest BCUT2D eigenvalue weighted by molar-refractivity contribution is -0.0328. The lowest BCUT2D eigenvalue weighted by Gasteiger charge is -2.26. The van der Waals surface area contributed by atoms with Crippen molar-refractivity contribution in [2.24, 2.45) is 7.05 Å². The Balaban J connectivity index is 1.79. The molecule has 0 aliphatic carbocycles. The molecule has 2 aromatic heterocycles.